The van der Waals surface area contributed by atoms with E-state index in [-0.39, 0.29) is 0 Å². The summed E-state index contributed by atoms with van der Waals surface area (Å²) >= 11 is 7.34. The number of alkyl halides is 1. The molecule has 1 heterocycles. The van der Waals surface area contributed by atoms with Crippen LogP contribution in [0, 0.1) is 18.8 Å². The van der Waals surface area contributed by atoms with Gasteiger partial charge in [0.2, 0.25) is 0 Å². The van der Waals surface area contributed by atoms with Crippen LogP contribution in [0.5, 0.6) is 0 Å². The predicted molar refractivity (Wildman–Crippen MR) is 76.1 cm³/mol. The Bertz CT molecular complexity index is 348. The molecule has 0 saturated carbocycles. The molecule has 1 aromatic rings. The average molecular weight is 352 g/mol. The fourth-order valence-corrected chi connectivity index (χ4v) is 3.35. The first kappa shape index (κ1) is 14.2. The number of aryl methyl sites for hydroxylation is 2. The first-order valence-electron chi connectivity index (χ1n) is 5.66. The molecule has 0 bridgehead atoms. The van der Waals surface area contributed by atoms with Gasteiger partial charge in [-0.15, -0.1) is 0 Å². The maximum absolute atomic E-state index is 4.44. The summed E-state index contributed by atoms with van der Waals surface area (Å²) in [6.45, 7) is 8.82. The van der Waals surface area contributed by atoms with Crippen LogP contribution in [0.15, 0.2) is 4.47 Å². The van der Waals surface area contributed by atoms with Crippen LogP contribution in [0.2, 0.25) is 0 Å². The largest absolute Gasteiger partial charge is 0.271 e. The zero-order chi connectivity index (χ0) is 12.5. The Morgan fingerprint density at radius 3 is 2.19 bits per heavy atom. The van der Waals surface area contributed by atoms with Gasteiger partial charge in [-0.1, -0.05) is 36.7 Å². The van der Waals surface area contributed by atoms with Crippen molar-refractivity contribution in [3.8, 4) is 0 Å². The molecule has 2 unspecified atom stereocenters. The molecule has 0 saturated heterocycles. The lowest BCUT2D eigenvalue weighted by Gasteiger charge is -2.23. The van der Waals surface area contributed by atoms with E-state index in [4.69, 9.17) is 0 Å². The normalized spacial score (nSPS) is 15.5. The van der Waals surface area contributed by atoms with Crippen LogP contribution in [-0.4, -0.2) is 14.6 Å². The van der Waals surface area contributed by atoms with E-state index in [2.05, 4.69) is 57.7 Å². The van der Waals surface area contributed by atoms with E-state index in [0.717, 1.165) is 16.6 Å². The third-order valence-electron chi connectivity index (χ3n) is 3.14. The molecular weight excluding hydrogens is 332 g/mol. The van der Waals surface area contributed by atoms with Crippen molar-refractivity contribution in [2.75, 3.05) is 0 Å². The molecule has 0 amide bonds. The second-order valence-corrected chi connectivity index (χ2v) is 7.00. The molecule has 1 aromatic heterocycles. The van der Waals surface area contributed by atoms with Gasteiger partial charge in [-0.3, -0.25) is 4.68 Å². The predicted octanol–water partition coefficient (Wildman–Crippen LogP) is 4.09. The molecule has 0 fully saturated rings. The molecule has 16 heavy (non-hydrogen) atoms. The highest BCUT2D eigenvalue weighted by Crippen LogP contribution is 2.29. The molecule has 0 aliphatic carbocycles. The topological polar surface area (TPSA) is 17.8 Å². The molecule has 4 heteroatoms. The summed E-state index contributed by atoms with van der Waals surface area (Å²) in [4.78, 5) is 0.523. The van der Waals surface area contributed by atoms with E-state index in [9.17, 15) is 0 Å². The van der Waals surface area contributed by atoms with Gasteiger partial charge in [0.15, 0.2) is 0 Å². The summed E-state index contributed by atoms with van der Waals surface area (Å²) in [5.41, 5.74) is 2.37. The SMILES string of the molecule is Cc1nn(C)c(CC(C(C)C)C(C)Br)c1Br. The summed E-state index contributed by atoms with van der Waals surface area (Å²) in [6, 6.07) is 0. The summed E-state index contributed by atoms with van der Waals surface area (Å²) in [5, 5.41) is 4.44. The Morgan fingerprint density at radius 1 is 1.31 bits per heavy atom. The molecule has 0 spiro atoms. The minimum atomic E-state index is 0.523. The molecule has 0 aromatic carbocycles. The Balaban J connectivity index is 2.93. The quantitative estimate of drug-likeness (QED) is 0.747. The van der Waals surface area contributed by atoms with Crippen LogP contribution >= 0.6 is 31.9 Å². The number of halogens is 2. The van der Waals surface area contributed by atoms with Gasteiger partial charge in [0.05, 0.1) is 15.9 Å². The Hall–Kier alpha value is 0.170. The maximum atomic E-state index is 4.44. The zero-order valence-corrected chi connectivity index (χ0v) is 13.8. The summed E-state index contributed by atoms with van der Waals surface area (Å²) in [7, 11) is 2.02. The van der Waals surface area contributed by atoms with Gasteiger partial charge in [0.25, 0.3) is 0 Å². The average Bonchev–Trinajstić information content (AvgIpc) is 2.38. The molecule has 2 nitrogen and oxygen atoms in total. The second kappa shape index (κ2) is 5.67. The fraction of sp³-hybridized carbons (Fsp3) is 0.750. The van der Waals surface area contributed by atoms with Crippen molar-refractivity contribution in [2.24, 2.45) is 18.9 Å². The van der Waals surface area contributed by atoms with Crippen LogP contribution in [0.25, 0.3) is 0 Å². The number of rotatable bonds is 4. The van der Waals surface area contributed by atoms with Crippen LogP contribution in [0.4, 0.5) is 0 Å². The highest BCUT2D eigenvalue weighted by atomic mass is 79.9. The lowest BCUT2D eigenvalue weighted by molar-refractivity contribution is 0.375. The number of hydrogen-bond acceptors (Lipinski definition) is 1. The molecule has 0 radical (unpaired) electrons. The van der Waals surface area contributed by atoms with Crippen molar-refractivity contribution in [3.05, 3.63) is 15.9 Å². The van der Waals surface area contributed by atoms with E-state index in [0.29, 0.717) is 16.7 Å². The van der Waals surface area contributed by atoms with Crippen molar-refractivity contribution >= 4 is 31.9 Å². The van der Waals surface area contributed by atoms with E-state index in [1.807, 2.05) is 18.7 Å². The smallest absolute Gasteiger partial charge is 0.0738 e. The number of hydrogen-bond donors (Lipinski definition) is 0. The first-order valence-corrected chi connectivity index (χ1v) is 7.37. The Labute approximate surface area is 115 Å². The Morgan fingerprint density at radius 2 is 1.88 bits per heavy atom. The van der Waals surface area contributed by atoms with Crippen LogP contribution < -0.4 is 0 Å². The Kier molecular flexibility index (Phi) is 5.05. The zero-order valence-electron chi connectivity index (χ0n) is 10.6. The molecule has 0 aliphatic heterocycles. The third kappa shape index (κ3) is 3.10. The van der Waals surface area contributed by atoms with E-state index < -0.39 is 0 Å². The van der Waals surface area contributed by atoms with Gasteiger partial charge in [-0.25, -0.2) is 0 Å². The van der Waals surface area contributed by atoms with E-state index in [1.165, 1.54) is 5.69 Å². The summed E-state index contributed by atoms with van der Waals surface area (Å²) in [6.07, 6.45) is 1.06. The summed E-state index contributed by atoms with van der Waals surface area (Å²) < 4.78 is 3.15. The van der Waals surface area contributed by atoms with Crippen LogP contribution in [-0.2, 0) is 13.5 Å². The fourth-order valence-electron chi connectivity index (χ4n) is 2.05. The first-order chi connectivity index (χ1) is 7.34. The van der Waals surface area contributed by atoms with Gasteiger partial charge in [0.1, 0.15) is 0 Å². The van der Waals surface area contributed by atoms with Gasteiger partial charge in [-0.05, 0) is 41.1 Å². The van der Waals surface area contributed by atoms with Crippen molar-refractivity contribution in [2.45, 2.75) is 38.9 Å². The van der Waals surface area contributed by atoms with Gasteiger partial charge in [0, 0.05) is 11.9 Å². The molecule has 1 rings (SSSR count). The maximum Gasteiger partial charge on any atom is 0.0738 e. The van der Waals surface area contributed by atoms with Crippen molar-refractivity contribution < 1.29 is 0 Å². The highest BCUT2D eigenvalue weighted by molar-refractivity contribution is 9.10. The van der Waals surface area contributed by atoms with Gasteiger partial charge >= 0.3 is 0 Å². The third-order valence-corrected chi connectivity index (χ3v) is 4.85. The minimum Gasteiger partial charge on any atom is -0.271 e. The van der Waals surface area contributed by atoms with E-state index in [1.54, 1.807) is 0 Å². The molecule has 0 N–H and O–H groups in total. The van der Waals surface area contributed by atoms with Gasteiger partial charge in [-0.2, -0.15) is 5.10 Å². The molecular formula is C12H20Br2N2. The lowest BCUT2D eigenvalue weighted by atomic mass is 9.89. The number of aromatic nitrogens is 2. The molecule has 0 aliphatic rings. The highest BCUT2D eigenvalue weighted by Gasteiger charge is 2.22. The van der Waals surface area contributed by atoms with Crippen molar-refractivity contribution in [3.63, 3.8) is 0 Å². The number of nitrogens with zero attached hydrogens (tertiary/aromatic N) is 2. The van der Waals surface area contributed by atoms with Crippen molar-refractivity contribution in [1.82, 2.24) is 9.78 Å². The summed E-state index contributed by atoms with van der Waals surface area (Å²) in [5.74, 6) is 1.29. The van der Waals surface area contributed by atoms with Crippen molar-refractivity contribution in [1.29, 1.82) is 0 Å². The molecule has 92 valence electrons. The standard InChI is InChI=1S/C12H20Br2N2/c1-7(2)10(8(3)13)6-11-12(14)9(4)15-16(11)5/h7-8,10H,6H2,1-5H3. The van der Waals surface area contributed by atoms with Gasteiger partial charge < -0.3 is 0 Å². The molecule has 2 atom stereocenters. The van der Waals surface area contributed by atoms with Crippen LogP contribution in [0.1, 0.15) is 32.2 Å². The minimum absolute atomic E-state index is 0.523. The second-order valence-electron chi connectivity index (χ2n) is 4.76. The lowest BCUT2D eigenvalue weighted by Crippen LogP contribution is -2.21. The monoisotopic (exact) mass is 350 g/mol. The van der Waals surface area contributed by atoms with Crippen LogP contribution in [0.3, 0.4) is 0 Å². The van der Waals surface area contributed by atoms with E-state index >= 15 is 0 Å².